The topological polar surface area (TPSA) is 84.9 Å². The van der Waals surface area contributed by atoms with Crippen LogP contribution in [0.4, 0.5) is 5.69 Å². The van der Waals surface area contributed by atoms with Gasteiger partial charge in [0.2, 0.25) is 10.0 Å². The first-order valence-corrected chi connectivity index (χ1v) is 10.9. The SMILES string of the molecule is COc1ccc(C)cc1NC(=O)c1ccc(OC)c(S(=O)(=O)N2CCCCC2)c1. The molecule has 156 valence electrons. The molecule has 29 heavy (non-hydrogen) atoms. The number of hydrogen-bond donors (Lipinski definition) is 1. The van der Waals surface area contributed by atoms with E-state index in [0.717, 1.165) is 24.8 Å². The lowest BCUT2D eigenvalue weighted by molar-refractivity contribution is 0.102. The van der Waals surface area contributed by atoms with E-state index in [0.29, 0.717) is 24.5 Å². The van der Waals surface area contributed by atoms with Crippen LogP contribution in [0.5, 0.6) is 11.5 Å². The van der Waals surface area contributed by atoms with Crippen LogP contribution in [0, 0.1) is 6.92 Å². The number of aryl methyl sites for hydroxylation is 1. The van der Waals surface area contributed by atoms with Crippen molar-refractivity contribution in [2.45, 2.75) is 31.1 Å². The van der Waals surface area contributed by atoms with Gasteiger partial charge in [0.15, 0.2) is 0 Å². The Kier molecular flexibility index (Phi) is 6.44. The number of piperidine rings is 1. The van der Waals surface area contributed by atoms with Gasteiger partial charge >= 0.3 is 0 Å². The van der Waals surface area contributed by atoms with E-state index >= 15 is 0 Å². The van der Waals surface area contributed by atoms with Crippen molar-refractivity contribution in [2.24, 2.45) is 0 Å². The number of methoxy groups -OCH3 is 2. The van der Waals surface area contributed by atoms with Crippen LogP contribution in [0.2, 0.25) is 0 Å². The van der Waals surface area contributed by atoms with Gasteiger partial charge in [0, 0.05) is 18.7 Å². The number of hydrogen-bond acceptors (Lipinski definition) is 5. The minimum Gasteiger partial charge on any atom is -0.495 e. The van der Waals surface area contributed by atoms with Crippen LogP contribution >= 0.6 is 0 Å². The van der Waals surface area contributed by atoms with Gasteiger partial charge in [0.25, 0.3) is 5.91 Å². The molecule has 1 N–H and O–H groups in total. The molecule has 1 amide bonds. The highest BCUT2D eigenvalue weighted by Crippen LogP contribution is 2.31. The van der Waals surface area contributed by atoms with Crippen molar-refractivity contribution in [1.29, 1.82) is 0 Å². The summed E-state index contributed by atoms with van der Waals surface area (Å²) in [5.74, 6) is 0.325. The number of carbonyl (C=O) groups is 1. The van der Waals surface area contributed by atoms with E-state index in [1.54, 1.807) is 18.2 Å². The van der Waals surface area contributed by atoms with Gasteiger partial charge in [0.05, 0.1) is 19.9 Å². The van der Waals surface area contributed by atoms with Crippen LogP contribution < -0.4 is 14.8 Å². The fourth-order valence-electron chi connectivity index (χ4n) is 3.38. The highest BCUT2D eigenvalue weighted by molar-refractivity contribution is 7.89. The molecule has 1 aliphatic rings. The minimum absolute atomic E-state index is 0.00533. The number of sulfonamides is 1. The van der Waals surface area contributed by atoms with Crippen molar-refractivity contribution in [3.63, 3.8) is 0 Å². The first-order chi connectivity index (χ1) is 13.9. The maximum absolute atomic E-state index is 13.1. The molecule has 0 radical (unpaired) electrons. The summed E-state index contributed by atoms with van der Waals surface area (Å²) < 4.78 is 38.3. The molecule has 1 fully saturated rings. The summed E-state index contributed by atoms with van der Waals surface area (Å²) in [7, 11) is -0.806. The number of nitrogens with zero attached hydrogens (tertiary/aromatic N) is 1. The maximum Gasteiger partial charge on any atom is 0.255 e. The average molecular weight is 419 g/mol. The highest BCUT2D eigenvalue weighted by atomic mass is 32.2. The fraction of sp³-hybridized carbons (Fsp3) is 0.381. The van der Waals surface area contributed by atoms with Gasteiger partial charge in [-0.2, -0.15) is 4.31 Å². The number of anilines is 1. The summed E-state index contributed by atoms with van der Waals surface area (Å²) in [6, 6.07) is 9.88. The lowest BCUT2D eigenvalue weighted by Gasteiger charge is -2.26. The first-order valence-electron chi connectivity index (χ1n) is 9.51. The molecule has 0 unspecified atom stereocenters. The molecule has 0 atom stereocenters. The predicted octanol–water partition coefficient (Wildman–Crippen LogP) is 3.44. The molecule has 0 aliphatic carbocycles. The van der Waals surface area contributed by atoms with Crippen molar-refractivity contribution < 1.29 is 22.7 Å². The van der Waals surface area contributed by atoms with Gasteiger partial charge in [-0.25, -0.2) is 8.42 Å². The van der Waals surface area contributed by atoms with Gasteiger partial charge in [0.1, 0.15) is 16.4 Å². The van der Waals surface area contributed by atoms with Crippen molar-refractivity contribution in [1.82, 2.24) is 4.31 Å². The summed E-state index contributed by atoms with van der Waals surface area (Å²) >= 11 is 0. The molecule has 3 rings (SSSR count). The summed E-state index contributed by atoms with van der Waals surface area (Å²) in [5.41, 5.74) is 1.71. The summed E-state index contributed by atoms with van der Waals surface area (Å²) in [5, 5.41) is 2.80. The Morgan fingerprint density at radius 2 is 1.62 bits per heavy atom. The largest absolute Gasteiger partial charge is 0.495 e. The van der Waals surface area contributed by atoms with E-state index in [2.05, 4.69) is 5.32 Å². The van der Waals surface area contributed by atoms with Crippen LogP contribution in [0.15, 0.2) is 41.3 Å². The Labute approximate surface area is 171 Å². The van der Waals surface area contributed by atoms with Crippen molar-refractivity contribution in [3.05, 3.63) is 47.5 Å². The lowest BCUT2D eigenvalue weighted by atomic mass is 10.1. The Morgan fingerprint density at radius 1 is 0.966 bits per heavy atom. The third-order valence-electron chi connectivity index (χ3n) is 4.96. The van der Waals surface area contributed by atoms with E-state index in [1.165, 1.54) is 30.7 Å². The molecule has 0 saturated carbocycles. The van der Waals surface area contributed by atoms with Crippen LogP contribution in [0.1, 0.15) is 35.2 Å². The molecule has 2 aromatic rings. The standard InChI is InChI=1S/C21H26N2O5S/c1-15-7-9-18(27-2)17(13-15)22-21(24)16-8-10-19(28-3)20(14-16)29(25,26)23-11-5-4-6-12-23/h7-10,13-14H,4-6,11-12H2,1-3H3,(H,22,24). The zero-order chi connectivity index (χ0) is 21.0. The lowest BCUT2D eigenvalue weighted by Crippen LogP contribution is -2.35. The number of amides is 1. The van der Waals surface area contributed by atoms with Gasteiger partial charge < -0.3 is 14.8 Å². The summed E-state index contributed by atoms with van der Waals surface area (Å²) in [6.45, 7) is 2.86. The van der Waals surface area contributed by atoms with Gasteiger partial charge in [-0.1, -0.05) is 12.5 Å². The Balaban J connectivity index is 1.94. The molecule has 1 heterocycles. The second-order valence-corrected chi connectivity index (χ2v) is 8.89. The maximum atomic E-state index is 13.1. The second-order valence-electron chi connectivity index (χ2n) is 6.99. The molecule has 0 bridgehead atoms. The second kappa shape index (κ2) is 8.84. The first kappa shape index (κ1) is 21.1. The monoisotopic (exact) mass is 418 g/mol. The predicted molar refractivity (Wildman–Crippen MR) is 111 cm³/mol. The molecule has 0 spiro atoms. The number of rotatable bonds is 6. The zero-order valence-electron chi connectivity index (χ0n) is 16.9. The van der Waals surface area contributed by atoms with Gasteiger partial charge in [-0.15, -0.1) is 0 Å². The highest BCUT2D eigenvalue weighted by Gasteiger charge is 2.29. The van der Waals surface area contributed by atoms with Crippen molar-refractivity contribution in [2.75, 3.05) is 32.6 Å². The molecule has 1 aliphatic heterocycles. The van der Waals surface area contributed by atoms with Gasteiger partial charge in [-0.05, 0) is 55.7 Å². The third-order valence-corrected chi connectivity index (χ3v) is 6.88. The fourth-order valence-corrected chi connectivity index (χ4v) is 5.08. The minimum atomic E-state index is -3.75. The summed E-state index contributed by atoms with van der Waals surface area (Å²) in [4.78, 5) is 12.8. The zero-order valence-corrected chi connectivity index (χ0v) is 17.7. The third kappa shape index (κ3) is 4.54. The normalized spacial score (nSPS) is 15.0. The smallest absolute Gasteiger partial charge is 0.255 e. The van der Waals surface area contributed by atoms with Crippen LogP contribution in [0.3, 0.4) is 0 Å². The Hall–Kier alpha value is -2.58. The van der Waals surface area contributed by atoms with E-state index in [9.17, 15) is 13.2 Å². The van der Waals surface area contributed by atoms with Crippen LogP contribution in [-0.4, -0.2) is 45.9 Å². The molecule has 0 aromatic heterocycles. The Morgan fingerprint density at radius 3 is 2.28 bits per heavy atom. The number of nitrogens with one attached hydrogen (secondary N) is 1. The molecular weight excluding hydrogens is 392 g/mol. The van der Waals surface area contributed by atoms with E-state index in [1.807, 2.05) is 13.0 Å². The van der Waals surface area contributed by atoms with E-state index in [-0.39, 0.29) is 16.2 Å². The molecule has 7 nitrogen and oxygen atoms in total. The number of benzene rings is 2. The van der Waals surface area contributed by atoms with Crippen LogP contribution in [-0.2, 0) is 10.0 Å². The molecule has 8 heteroatoms. The van der Waals surface area contributed by atoms with Crippen molar-refractivity contribution in [3.8, 4) is 11.5 Å². The van der Waals surface area contributed by atoms with Crippen LogP contribution in [0.25, 0.3) is 0 Å². The molecule has 1 saturated heterocycles. The van der Waals surface area contributed by atoms with Gasteiger partial charge in [-0.3, -0.25) is 4.79 Å². The number of carbonyl (C=O) groups excluding carboxylic acids is 1. The van der Waals surface area contributed by atoms with E-state index in [4.69, 9.17) is 9.47 Å². The Bertz CT molecular complexity index is 998. The quantitative estimate of drug-likeness (QED) is 0.777. The van der Waals surface area contributed by atoms with Crippen molar-refractivity contribution >= 4 is 21.6 Å². The molecular formula is C21H26N2O5S. The van der Waals surface area contributed by atoms with E-state index < -0.39 is 15.9 Å². The number of ether oxygens (including phenoxy) is 2. The molecule has 2 aromatic carbocycles. The summed E-state index contributed by atoms with van der Waals surface area (Å²) in [6.07, 6.45) is 2.67. The average Bonchev–Trinajstić information content (AvgIpc) is 2.74.